The maximum atomic E-state index is 5.82. The number of piperazine rings is 1. The average molecular weight is 333 g/mol. The molecule has 2 N–H and O–H groups in total. The van der Waals surface area contributed by atoms with Crippen molar-refractivity contribution < 1.29 is 4.74 Å². The fraction of sp³-hybridized carbons (Fsp3) is 0.688. The lowest BCUT2D eigenvalue weighted by atomic mass is 10.3. The molecule has 2 aromatic rings. The van der Waals surface area contributed by atoms with Gasteiger partial charge in [0, 0.05) is 45.9 Å². The van der Waals surface area contributed by atoms with Gasteiger partial charge in [-0.15, -0.1) is 0 Å². The smallest absolute Gasteiger partial charge is 0.165 e. The second-order valence-corrected chi connectivity index (χ2v) is 6.10. The summed E-state index contributed by atoms with van der Waals surface area (Å²) in [4.78, 5) is 17.6. The van der Waals surface area contributed by atoms with Crippen molar-refractivity contribution in [3.8, 4) is 0 Å². The van der Waals surface area contributed by atoms with Crippen LogP contribution >= 0.6 is 0 Å². The van der Waals surface area contributed by atoms with Gasteiger partial charge >= 0.3 is 0 Å². The van der Waals surface area contributed by atoms with Crippen LogP contribution < -0.4 is 5.73 Å². The van der Waals surface area contributed by atoms with E-state index in [1.165, 1.54) is 6.33 Å². The number of fused-ring (bicyclic) bond motifs is 1. The van der Waals surface area contributed by atoms with Gasteiger partial charge in [-0.1, -0.05) is 0 Å². The van der Waals surface area contributed by atoms with E-state index >= 15 is 0 Å². The molecule has 24 heavy (non-hydrogen) atoms. The largest absolute Gasteiger partial charge is 0.382 e. The number of imidazole rings is 1. The van der Waals surface area contributed by atoms with Gasteiger partial charge in [0.1, 0.15) is 11.8 Å². The van der Waals surface area contributed by atoms with E-state index < -0.39 is 0 Å². The van der Waals surface area contributed by atoms with Crippen molar-refractivity contribution in [1.82, 2.24) is 29.3 Å². The molecule has 1 saturated heterocycles. The van der Waals surface area contributed by atoms with Gasteiger partial charge in [-0.2, -0.15) is 0 Å². The molecule has 3 rings (SSSR count). The number of rotatable bonds is 8. The second kappa shape index (κ2) is 8.36. The monoisotopic (exact) mass is 333 g/mol. The third kappa shape index (κ3) is 4.19. The summed E-state index contributed by atoms with van der Waals surface area (Å²) < 4.78 is 7.49. The van der Waals surface area contributed by atoms with Crippen molar-refractivity contribution >= 4 is 17.0 Å². The quantitative estimate of drug-likeness (QED) is 0.702. The second-order valence-electron chi connectivity index (χ2n) is 6.10. The van der Waals surface area contributed by atoms with E-state index in [1.54, 1.807) is 6.33 Å². The Balaban J connectivity index is 1.40. The maximum Gasteiger partial charge on any atom is 0.165 e. The third-order valence-electron chi connectivity index (χ3n) is 4.52. The van der Waals surface area contributed by atoms with Gasteiger partial charge in [0.2, 0.25) is 0 Å². The van der Waals surface area contributed by atoms with Crippen molar-refractivity contribution in [1.29, 1.82) is 0 Å². The number of ether oxygens (including phenoxy) is 1. The van der Waals surface area contributed by atoms with E-state index in [2.05, 4.69) is 29.3 Å². The molecule has 1 aliphatic heterocycles. The first-order valence-corrected chi connectivity index (χ1v) is 8.71. The number of aromatic nitrogens is 4. The van der Waals surface area contributed by atoms with Crippen LogP contribution in [0.15, 0.2) is 12.7 Å². The molecule has 2 aromatic heterocycles. The highest BCUT2D eigenvalue weighted by Gasteiger charge is 2.16. The summed E-state index contributed by atoms with van der Waals surface area (Å²) in [6.07, 6.45) is 4.38. The lowest BCUT2D eigenvalue weighted by Crippen LogP contribution is -2.47. The predicted molar refractivity (Wildman–Crippen MR) is 93.7 cm³/mol. The maximum absolute atomic E-state index is 5.82. The number of aryl methyl sites for hydroxylation is 1. The lowest BCUT2D eigenvalue weighted by Gasteiger charge is -2.34. The van der Waals surface area contributed by atoms with Gasteiger partial charge in [-0.05, 0) is 19.9 Å². The Morgan fingerprint density at radius 3 is 2.54 bits per heavy atom. The molecular weight excluding hydrogens is 306 g/mol. The number of nitrogens with two attached hydrogens (primary N) is 1. The zero-order chi connectivity index (χ0) is 16.8. The van der Waals surface area contributed by atoms with Crippen molar-refractivity contribution in [3.63, 3.8) is 0 Å². The van der Waals surface area contributed by atoms with Crippen LogP contribution in [0.5, 0.6) is 0 Å². The summed E-state index contributed by atoms with van der Waals surface area (Å²) in [5.41, 5.74) is 7.34. The van der Waals surface area contributed by atoms with E-state index in [1.807, 2.05) is 6.92 Å². The Kier molecular flexibility index (Phi) is 5.95. The van der Waals surface area contributed by atoms with Crippen LogP contribution in [-0.2, 0) is 11.3 Å². The van der Waals surface area contributed by atoms with Crippen molar-refractivity contribution in [2.24, 2.45) is 0 Å². The van der Waals surface area contributed by atoms with E-state index in [0.29, 0.717) is 11.3 Å². The molecule has 0 bridgehead atoms. The number of hydrogen-bond acceptors (Lipinski definition) is 7. The van der Waals surface area contributed by atoms with Crippen LogP contribution in [0.25, 0.3) is 11.2 Å². The van der Waals surface area contributed by atoms with Crippen molar-refractivity contribution in [2.45, 2.75) is 19.9 Å². The summed E-state index contributed by atoms with van der Waals surface area (Å²) in [5, 5.41) is 0. The first kappa shape index (κ1) is 17.1. The molecule has 0 radical (unpaired) electrons. The van der Waals surface area contributed by atoms with Gasteiger partial charge in [0.25, 0.3) is 0 Å². The highest BCUT2D eigenvalue weighted by atomic mass is 16.5. The Hall–Kier alpha value is -1.77. The van der Waals surface area contributed by atoms with E-state index in [0.717, 1.165) is 71.1 Å². The first-order chi connectivity index (χ1) is 11.8. The molecule has 0 aliphatic carbocycles. The standard InChI is InChI=1S/C16H27N7O/c1-2-24-11-10-22-8-6-21(7-9-22)4-3-5-23-13-20-14-15(17)18-12-19-16(14)23/h12-13H,2-11H2,1H3,(H2,17,18,19). The Labute approximate surface area is 142 Å². The van der Waals surface area contributed by atoms with Crippen LogP contribution in [-0.4, -0.2) is 81.8 Å². The summed E-state index contributed by atoms with van der Waals surface area (Å²) in [6.45, 7) is 11.3. The topological polar surface area (TPSA) is 85.3 Å². The summed E-state index contributed by atoms with van der Waals surface area (Å²) in [5.74, 6) is 0.446. The van der Waals surface area contributed by atoms with E-state index in [-0.39, 0.29) is 0 Å². The normalized spacial score (nSPS) is 16.9. The number of nitrogens with zero attached hydrogens (tertiary/aromatic N) is 6. The summed E-state index contributed by atoms with van der Waals surface area (Å²) >= 11 is 0. The zero-order valence-corrected chi connectivity index (χ0v) is 14.4. The van der Waals surface area contributed by atoms with Gasteiger partial charge in [0.05, 0.1) is 12.9 Å². The molecule has 0 aromatic carbocycles. The van der Waals surface area contributed by atoms with E-state index in [4.69, 9.17) is 10.5 Å². The molecule has 1 fully saturated rings. The molecule has 0 amide bonds. The fourth-order valence-electron chi connectivity index (χ4n) is 3.10. The Morgan fingerprint density at radius 2 is 1.79 bits per heavy atom. The fourth-order valence-corrected chi connectivity index (χ4v) is 3.10. The van der Waals surface area contributed by atoms with Gasteiger partial charge in [0.15, 0.2) is 11.5 Å². The van der Waals surface area contributed by atoms with E-state index in [9.17, 15) is 0 Å². The molecule has 132 valence electrons. The molecule has 8 heteroatoms. The predicted octanol–water partition coefficient (Wildman–Crippen LogP) is 0.453. The number of anilines is 1. The SMILES string of the molecule is CCOCCN1CCN(CCCn2cnc3c(N)ncnc32)CC1. The third-order valence-corrected chi connectivity index (χ3v) is 4.52. The molecule has 0 unspecified atom stereocenters. The minimum Gasteiger partial charge on any atom is -0.382 e. The molecule has 0 atom stereocenters. The molecule has 8 nitrogen and oxygen atoms in total. The summed E-state index contributed by atoms with van der Waals surface area (Å²) in [7, 11) is 0. The van der Waals surface area contributed by atoms with Crippen molar-refractivity contribution in [3.05, 3.63) is 12.7 Å². The zero-order valence-electron chi connectivity index (χ0n) is 14.4. The average Bonchev–Trinajstić information content (AvgIpc) is 3.01. The van der Waals surface area contributed by atoms with Crippen LogP contribution in [0, 0.1) is 0 Å². The minimum atomic E-state index is 0.446. The van der Waals surface area contributed by atoms with Crippen LogP contribution in [0.1, 0.15) is 13.3 Å². The number of hydrogen-bond donors (Lipinski definition) is 1. The molecule has 0 saturated carbocycles. The molecule has 0 spiro atoms. The Bertz CT molecular complexity index is 636. The van der Waals surface area contributed by atoms with Crippen LogP contribution in [0.4, 0.5) is 5.82 Å². The minimum absolute atomic E-state index is 0.446. The van der Waals surface area contributed by atoms with Crippen LogP contribution in [0.3, 0.4) is 0 Å². The first-order valence-electron chi connectivity index (χ1n) is 8.71. The summed E-state index contributed by atoms with van der Waals surface area (Å²) in [6, 6.07) is 0. The van der Waals surface area contributed by atoms with Gasteiger partial charge in [-0.25, -0.2) is 15.0 Å². The van der Waals surface area contributed by atoms with Crippen molar-refractivity contribution in [2.75, 3.05) is 58.2 Å². The highest BCUT2D eigenvalue weighted by Crippen LogP contribution is 2.14. The lowest BCUT2D eigenvalue weighted by molar-refractivity contribution is 0.0802. The van der Waals surface area contributed by atoms with Crippen LogP contribution in [0.2, 0.25) is 0 Å². The Morgan fingerprint density at radius 1 is 1.04 bits per heavy atom. The molecule has 3 heterocycles. The molecular formula is C16H27N7O. The van der Waals surface area contributed by atoms with Gasteiger partial charge < -0.3 is 19.9 Å². The number of nitrogen functional groups attached to an aromatic ring is 1. The molecule has 1 aliphatic rings. The highest BCUT2D eigenvalue weighted by molar-refractivity contribution is 5.80. The van der Waals surface area contributed by atoms with Gasteiger partial charge in [-0.3, -0.25) is 4.90 Å².